The SMILES string of the molecule is N=C(N)N(CC(F)(F)C(F)F)CC(F)(F)C(F)F. The minimum atomic E-state index is -4.75. The Morgan fingerprint density at radius 1 is 0.944 bits per heavy atom. The topological polar surface area (TPSA) is 53.1 Å². The molecule has 0 spiro atoms. The van der Waals surface area contributed by atoms with Crippen LogP contribution in [0.25, 0.3) is 0 Å². The van der Waals surface area contributed by atoms with E-state index in [9.17, 15) is 35.1 Å². The van der Waals surface area contributed by atoms with Crippen molar-refractivity contribution in [3.05, 3.63) is 0 Å². The van der Waals surface area contributed by atoms with Crippen LogP contribution in [0.4, 0.5) is 35.1 Å². The lowest BCUT2D eigenvalue weighted by Gasteiger charge is -2.30. The zero-order valence-corrected chi connectivity index (χ0v) is 8.62. The molecule has 0 radical (unpaired) electrons. The zero-order chi connectivity index (χ0) is 14.7. The molecule has 0 saturated heterocycles. The molecule has 0 aromatic rings. The van der Waals surface area contributed by atoms with Gasteiger partial charge in [-0.15, -0.1) is 0 Å². The molecule has 0 aliphatic heterocycles. The van der Waals surface area contributed by atoms with Crippen LogP contribution in [-0.4, -0.2) is 48.6 Å². The monoisotopic (exact) mass is 287 g/mol. The summed E-state index contributed by atoms with van der Waals surface area (Å²) in [7, 11) is 0. The van der Waals surface area contributed by atoms with Gasteiger partial charge in [-0.3, -0.25) is 5.41 Å². The largest absolute Gasteiger partial charge is 0.370 e. The number of guanidine groups is 1. The number of nitrogens with zero attached hydrogens (tertiary/aromatic N) is 1. The van der Waals surface area contributed by atoms with Gasteiger partial charge in [-0.1, -0.05) is 0 Å². The maximum Gasteiger partial charge on any atom is 0.324 e. The fourth-order valence-electron chi connectivity index (χ4n) is 0.873. The molecule has 0 atom stereocenters. The van der Waals surface area contributed by atoms with E-state index in [1.54, 1.807) is 0 Å². The van der Waals surface area contributed by atoms with Crippen molar-refractivity contribution in [2.45, 2.75) is 24.7 Å². The lowest BCUT2D eigenvalue weighted by Crippen LogP contribution is -2.52. The van der Waals surface area contributed by atoms with Gasteiger partial charge in [0.15, 0.2) is 5.96 Å². The molecule has 0 aliphatic rings. The third-order valence-corrected chi connectivity index (χ3v) is 1.78. The van der Waals surface area contributed by atoms with Crippen LogP contribution in [0.1, 0.15) is 0 Å². The average Bonchev–Trinajstić information content (AvgIpc) is 2.15. The summed E-state index contributed by atoms with van der Waals surface area (Å²) in [4.78, 5) is -0.432. The van der Waals surface area contributed by atoms with Gasteiger partial charge < -0.3 is 10.6 Å². The van der Waals surface area contributed by atoms with Crippen molar-refractivity contribution in [2.24, 2.45) is 5.73 Å². The Morgan fingerprint density at radius 3 is 1.39 bits per heavy atom. The number of nitrogens with two attached hydrogens (primary N) is 1. The lowest BCUT2D eigenvalue weighted by atomic mass is 10.2. The van der Waals surface area contributed by atoms with E-state index in [-0.39, 0.29) is 0 Å². The number of rotatable bonds is 6. The van der Waals surface area contributed by atoms with Gasteiger partial charge in [-0.25, -0.2) is 17.6 Å². The van der Waals surface area contributed by atoms with Crippen LogP contribution in [0.3, 0.4) is 0 Å². The zero-order valence-electron chi connectivity index (χ0n) is 8.62. The van der Waals surface area contributed by atoms with Crippen molar-refractivity contribution < 1.29 is 35.1 Å². The first-order chi connectivity index (χ1) is 7.90. The Bertz CT molecular complexity index is 270. The van der Waals surface area contributed by atoms with Crippen molar-refractivity contribution >= 4 is 5.96 Å². The van der Waals surface area contributed by atoms with Crippen LogP contribution in [0.5, 0.6) is 0 Å². The second-order valence-corrected chi connectivity index (χ2v) is 3.36. The number of alkyl halides is 8. The third-order valence-electron chi connectivity index (χ3n) is 1.78. The Morgan fingerprint density at radius 2 is 1.22 bits per heavy atom. The number of halogens is 8. The molecule has 0 bridgehead atoms. The van der Waals surface area contributed by atoms with Crippen molar-refractivity contribution in [1.29, 1.82) is 5.41 Å². The van der Waals surface area contributed by atoms with Crippen molar-refractivity contribution in [2.75, 3.05) is 13.1 Å². The molecule has 0 fully saturated rings. The summed E-state index contributed by atoms with van der Waals surface area (Å²) in [6, 6.07) is 0. The van der Waals surface area contributed by atoms with Crippen LogP contribution >= 0.6 is 0 Å². The van der Waals surface area contributed by atoms with E-state index >= 15 is 0 Å². The van der Waals surface area contributed by atoms with Crippen molar-refractivity contribution in [1.82, 2.24) is 4.90 Å². The van der Waals surface area contributed by atoms with Crippen molar-refractivity contribution in [3.8, 4) is 0 Å². The van der Waals surface area contributed by atoms with E-state index in [0.29, 0.717) is 0 Å². The molecule has 0 aromatic carbocycles. The highest BCUT2D eigenvalue weighted by atomic mass is 19.3. The van der Waals surface area contributed by atoms with E-state index in [1.165, 1.54) is 0 Å². The Labute approximate surface area is 96.0 Å². The quantitative estimate of drug-likeness (QED) is 0.446. The molecule has 0 unspecified atom stereocenters. The maximum atomic E-state index is 12.6. The summed E-state index contributed by atoms with van der Waals surface area (Å²) in [5, 5.41) is 6.64. The van der Waals surface area contributed by atoms with Gasteiger partial charge in [0.05, 0.1) is 13.1 Å². The first kappa shape index (κ1) is 16.7. The standard InChI is InChI=1S/C7H9F8N3/c8-3(9)6(12,13)1-18(5(16)17)2-7(14,15)4(10)11/h3-4H,1-2H2,(H3,16,17). The second kappa shape index (κ2) is 5.57. The molecule has 3 N–H and O–H groups in total. The highest BCUT2D eigenvalue weighted by Gasteiger charge is 2.47. The molecule has 3 nitrogen and oxygen atoms in total. The predicted molar refractivity (Wildman–Crippen MR) is 45.4 cm³/mol. The normalized spacial score (nSPS) is 13.2. The van der Waals surface area contributed by atoms with Crippen LogP contribution in [0.15, 0.2) is 0 Å². The van der Waals surface area contributed by atoms with E-state index in [0.717, 1.165) is 0 Å². The summed E-state index contributed by atoms with van der Waals surface area (Å²) >= 11 is 0. The summed E-state index contributed by atoms with van der Waals surface area (Å²) in [5.74, 6) is -10.9. The van der Waals surface area contributed by atoms with Crippen LogP contribution in [-0.2, 0) is 0 Å². The van der Waals surface area contributed by atoms with Crippen molar-refractivity contribution in [3.63, 3.8) is 0 Å². The molecular weight excluding hydrogens is 278 g/mol. The Hall–Kier alpha value is -1.29. The molecule has 0 aliphatic carbocycles. The number of hydrogen-bond donors (Lipinski definition) is 2. The maximum absolute atomic E-state index is 12.6. The second-order valence-electron chi connectivity index (χ2n) is 3.36. The molecule has 0 saturated carbocycles. The van der Waals surface area contributed by atoms with E-state index in [1.807, 2.05) is 0 Å². The third kappa shape index (κ3) is 4.53. The first-order valence-corrected chi connectivity index (χ1v) is 4.31. The molecule has 11 heteroatoms. The van der Waals surface area contributed by atoms with Gasteiger partial charge in [-0.2, -0.15) is 17.6 Å². The molecule has 0 amide bonds. The van der Waals surface area contributed by atoms with Gasteiger partial charge in [-0.05, 0) is 0 Å². The van der Waals surface area contributed by atoms with E-state index < -0.39 is 48.6 Å². The summed E-state index contributed by atoms with van der Waals surface area (Å²) in [5.41, 5.74) is 4.60. The van der Waals surface area contributed by atoms with Gasteiger partial charge in [0.25, 0.3) is 0 Å². The van der Waals surface area contributed by atoms with Crippen LogP contribution in [0.2, 0.25) is 0 Å². The molecule has 0 aromatic heterocycles. The fourth-order valence-corrected chi connectivity index (χ4v) is 0.873. The van der Waals surface area contributed by atoms with Gasteiger partial charge >= 0.3 is 24.7 Å². The number of hydrogen-bond acceptors (Lipinski definition) is 1. The first-order valence-electron chi connectivity index (χ1n) is 4.31. The summed E-state index contributed by atoms with van der Waals surface area (Å²) < 4.78 is 97.4. The minimum Gasteiger partial charge on any atom is -0.370 e. The highest BCUT2D eigenvalue weighted by Crippen LogP contribution is 2.28. The Balaban J connectivity index is 4.86. The predicted octanol–water partition coefficient (Wildman–Crippen LogP) is 1.98. The summed E-state index contributed by atoms with van der Waals surface area (Å²) in [6.07, 6.45) is -8.39. The van der Waals surface area contributed by atoms with Gasteiger partial charge in [0.1, 0.15) is 0 Å². The fraction of sp³-hybridized carbons (Fsp3) is 0.857. The molecule has 0 rings (SSSR count). The van der Waals surface area contributed by atoms with Crippen LogP contribution < -0.4 is 5.73 Å². The van der Waals surface area contributed by atoms with Gasteiger partial charge in [0.2, 0.25) is 0 Å². The minimum absolute atomic E-state index is 0.432. The lowest BCUT2D eigenvalue weighted by molar-refractivity contribution is -0.161. The highest BCUT2D eigenvalue weighted by molar-refractivity contribution is 5.74. The molecule has 18 heavy (non-hydrogen) atoms. The smallest absolute Gasteiger partial charge is 0.324 e. The molecular formula is C7H9F8N3. The summed E-state index contributed by atoms with van der Waals surface area (Å²) in [6.45, 7) is -4.11. The van der Waals surface area contributed by atoms with Crippen LogP contribution in [0, 0.1) is 5.41 Å². The average molecular weight is 287 g/mol. The molecule has 108 valence electrons. The number of nitrogens with one attached hydrogen (secondary N) is 1. The van der Waals surface area contributed by atoms with E-state index in [2.05, 4.69) is 5.73 Å². The Kier molecular flexibility index (Phi) is 5.17. The van der Waals surface area contributed by atoms with Gasteiger partial charge in [0, 0.05) is 0 Å². The molecule has 0 heterocycles. The van der Waals surface area contributed by atoms with E-state index in [4.69, 9.17) is 5.41 Å².